The quantitative estimate of drug-likeness (QED) is 0.0195. The second-order valence-corrected chi connectivity index (χ2v) is 22.9. The molecule has 1 heterocycles. The molecular weight excluding hydrogens is 955 g/mol. The molecule has 448 valence electrons. The third-order valence-electron chi connectivity index (χ3n) is 15.6. The van der Waals surface area contributed by atoms with Crippen molar-refractivity contribution in [3.8, 4) is 0 Å². The van der Waals surface area contributed by atoms with Crippen LogP contribution in [0.25, 0.3) is 0 Å². The van der Waals surface area contributed by atoms with E-state index < -0.39 is 67.4 Å². The summed E-state index contributed by atoms with van der Waals surface area (Å²) in [7, 11) is 0. The van der Waals surface area contributed by atoms with Gasteiger partial charge in [-0.2, -0.15) is 0 Å². The van der Waals surface area contributed by atoms with Gasteiger partial charge in [0.2, 0.25) is 5.91 Å². The molecule has 11 nitrogen and oxygen atoms in total. The molecule has 1 aliphatic rings. The van der Waals surface area contributed by atoms with E-state index >= 15 is 0 Å². The molecule has 0 saturated carbocycles. The average molecular weight is 1080 g/mol. The number of ether oxygens (including phenoxy) is 3. The number of carbonyl (C=O) groups excluding carboxylic acids is 2. The molecule has 0 bridgehead atoms. The van der Waals surface area contributed by atoms with Crippen LogP contribution in [0.2, 0.25) is 0 Å². The number of nitrogens with one attached hydrogen (secondary N) is 1. The topological polar surface area (TPSA) is 175 Å². The first kappa shape index (κ1) is 72.2. The summed E-state index contributed by atoms with van der Waals surface area (Å²) in [5.41, 5.74) is 0. The SMILES string of the molecule is CCCCCCCCC/C=C\CCCCC(O)C(=O)NC(COC1OC(CO)C(O)C(O)C1OC(=O)CCCCCCCCCCCCCCCCCCCCCCCCC)C(O)/C=C/CCCCCCCCCCC. The van der Waals surface area contributed by atoms with Crippen molar-refractivity contribution in [1.29, 1.82) is 0 Å². The highest BCUT2D eigenvalue weighted by molar-refractivity contribution is 5.80. The van der Waals surface area contributed by atoms with Crippen LogP contribution in [-0.2, 0) is 23.8 Å². The van der Waals surface area contributed by atoms with Crippen LogP contribution in [0.15, 0.2) is 24.3 Å². The summed E-state index contributed by atoms with van der Waals surface area (Å²) in [6.07, 6.45) is 52.4. The van der Waals surface area contributed by atoms with Gasteiger partial charge in [-0.3, -0.25) is 9.59 Å². The van der Waals surface area contributed by atoms with E-state index in [1.807, 2.05) is 6.08 Å². The molecule has 1 fully saturated rings. The van der Waals surface area contributed by atoms with Crippen LogP contribution in [-0.4, -0.2) is 99.6 Å². The molecule has 8 atom stereocenters. The van der Waals surface area contributed by atoms with E-state index in [1.165, 1.54) is 212 Å². The van der Waals surface area contributed by atoms with Gasteiger partial charge < -0.3 is 45.1 Å². The fourth-order valence-corrected chi connectivity index (χ4v) is 10.4. The minimum atomic E-state index is -1.61. The van der Waals surface area contributed by atoms with Crippen molar-refractivity contribution in [3.63, 3.8) is 0 Å². The van der Waals surface area contributed by atoms with Gasteiger partial charge in [-0.1, -0.05) is 283 Å². The lowest BCUT2D eigenvalue weighted by Crippen LogP contribution is -2.61. The Labute approximate surface area is 467 Å². The summed E-state index contributed by atoms with van der Waals surface area (Å²) < 4.78 is 17.6. The van der Waals surface area contributed by atoms with E-state index in [2.05, 4.69) is 38.2 Å². The first-order valence-electron chi connectivity index (χ1n) is 32.6. The number of aliphatic hydroxyl groups excluding tert-OH is 5. The van der Waals surface area contributed by atoms with Crippen LogP contribution in [0.3, 0.4) is 0 Å². The van der Waals surface area contributed by atoms with E-state index in [0.29, 0.717) is 12.8 Å². The zero-order chi connectivity index (χ0) is 55.4. The summed E-state index contributed by atoms with van der Waals surface area (Å²) in [5.74, 6) is -1.20. The van der Waals surface area contributed by atoms with Crippen LogP contribution in [0, 0.1) is 0 Å². The smallest absolute Gasteiger partial charge is 0.306 e. The Hall–Kier alpha value is -1.86. The Bertz CT molecular complexity index is 1330. The Morgan fingerprint density at radius 1 is 0.500 bits per heavy atom. The Morgan fingerprint density at radius 3 is 1.28 bits per heavy atom. The first-order chi connectivity index (χ1) is 37.2. The van der Waals surface area contributed by atoms with Crippen molar-refractivity contribution in [2.75, 3.05) is 13.2 Å². The maximum absolute atomic E-state index is 13.4. The zero-order valence-electron chi connectivity index (χ0n) is 49.6. The summed E-state index contributed by atoms with van der Waals surface area (Å²) >= 11 is 0. The number of unbranched alkanes of at least 4 members (excludes halogenated alkanes) is 40. The second-order valence-electron chi connectivity index (χ2n) is 22.9. The summed E-state index contributed by atoms with van der Waals surface area (Å²) in [6.45, 7) is 5.80. The van der Waals surface area contributed by atoms with Crippen molar-refractivity contribution in [3.05, 3.63) is 24.3 Å². The lowest BCUT2D eigenvalue weighted by Gasteiger charge is -2.41. The van der Waals surface area contributed by atoms with Crippen LogP contribution in [0.4, 0.5) is 0 Å². The van der Waals surface area contributed by atoms with Crippen LogP contribution in [0.5, 0.6) is 0 Å². The minimum Gasteiger partial charge on any atom is -0.454 e. The highest BCUT2D eigenvalue weighted by atomic mass is 16.7. The Morgan fingerprint density at radius 2 is 0.868 bits per heavy atom. The number of hydrogen-bond acceptors (Lipinski definition) is 10. The molecule has 0 aromatic rings. The summed E-state index contributed by atoms with van der Waals surface area (Å²) in [4.78, 5) is 26.5. The fourth-order valence-electron chi connectivity index (χ4n) is 10.4. The molecule has 8 unspecified atom stereocenters. The van der Waals surface area contributed by atoms with Crippen molar-refractivity contribution in [1.82, 2.24) is 5.32 Å². The molecular formula is C65H123NO10. The monoisotopic (exact) mass is 1080 g/mol. The van der Waals surface area contributed by atoms with E-state index in [-0.39, 0.29) is 19.4 Å². The number of allylic oxidation sites excluding steroid dienone is 3. The van der Waals surface area contributed by atoms with Crippen LogP contribution in [0.1, 0.15) is 316 Å². The zero-order valence-corrected chi connectivity index (χ0v) is 49.6. The molecule has 0 spiro atoms. The van der Waals surface area contributed by atoms with Gasteiger partial charge in [-0.15, -0.1) is 0 Å². The number of esters is 1. The Balaban J connectivity index is 2.58. The van der Waals surface area contributed by atoms with Gasteiger partial charge in [0.05, 0.1) is 25.4 Å². The normalized spacial score (nSPS) is 19.2. The van der Waals surface area contributed by atoms with Gasteiger partial charge in [-0.25, -0.2) is 0 Å². The molecule has 1 amide bonds. The molecule has 76 heavy (non-hydrogen) atoms. The van der Waals surface area contributed by atoms with Crippen molar-refractivity contribution < 1.29 is 49.3 Å². The molecule has 0 radical (unpaired) electrons. The van der Waals surface area contributed by atoms with E-state index in [9.17, 15) is 35.1 Å². The molecule has 1 rings (SSSR count). The summed E-state index contributed by atoms with van der Waals surface area (Å²) in [6, 6.07) is -1.03. The average Bonchev–Trinajstić information content (AvgIpc) is 3.42. The predicted molar refractivity (Wildman–Crippen MR) is 315 cm³/mol. The maximum Gasteiger partial charge on any atom is 0.306 e. The van der Waals surface area contributed by atoms with E-state index in [0.717, 1.165) is 57.8 Å². The standard InChI is InChI=1S/C65H123NO10/c1-4-7-10-13-16-19-22-24-25-26-27-28-29-30-31-32-33-35-38-41-44-47-50-53-60(70)76-63-62(72)61(71)59(54-67)75-65(63)74-55-56(57(68)51-48-45-42-39-36-21-18-15-12-9-6-3)66-64(73)58(69)52-49-46-43-40-37-34-23-20-17-14-11-8-5-2/h37,40,48,51,56-59,61-63,65,67-69,71-72H,4-36,38-39,41-47,49-50,52-55H2,1-3H3,(H,66,73)/b40-37-,51-48+. The molecule has 0 aliphatic carbocycles. The predicted octanol–water partition coefficient (Wildman–Crippen LogP) is 15.7. The highest BCUT2D eigenvalue weighted by Crippen LogP contribution is 2.26. The third kappa shape index (κ3) is 41.2. The number of aliphatic hydroxyl groups is 5. The lowest BCUT2D eigenvalue weighted by atomic mass is 9.99. The second kappa shape index (κ2) is 53.8. The molecule has 1 aliphatic heterocycles. The van der Waals surface area contributed by atoms with Gasteiger partial charge in [0.15, 0.2) is 12.4 Å². The molecule has 0 aromatic carbocycles. The van der Waals surface area contributed by atoms with Gasteiger partial charge >= 0.3 is 5.97 Å². The van der Waals surface area contributed by atoms with Crippen LogP contribution < -0.4 is 5.32 Å². The minimum absolute atomic E-state index is 0.128. The van der Waals surface area contributed by atoms with Crippen molar-refractivity contribution in [2.45, 2.75) is 365 Å². The summed E-state index contributed by atoms with van der Waals surface area (Å²) in [5, 5.41) is 56.9. The third-order valence-corrected chi connectivity index (χ3v) is 15.6. The molecule has 0 aromatic heterocycles. The van der Waals surface area contributed by atoms with E-state index in [1.54, 1.807) is 6.08 Å². The first-order valence-corrected chi connectivity index (χ1v) is 32.6. The number of rotatable bonds is 56. The number of carbonyl (C=O) groups is 2. The van der Waals surface area contributed by atoms with Gasteiger partial charge in [0, 0.05) is 6.42 Å². The maximum atomic E-state index is 13.4. The largest absolute Gasteiger partial charge is 0.454 e. The van der Waals surface area contributed by atoms with Crippen molar-refractivity contribution in [2.24, 2.45) is 0 Å². The lowest BCUT2D eigenvalue weighted by molar-refractivity contribution is -0.305. The number of amides is 1. The molecule has 1 saturated heterocycles. The van der Waals surface area contributed by atoms with Gasteiger partial charge in [-0.05, 0) is 51.4 Å². The highest BCUT2D eigenvalue weighted by Gasteiger charge is 2.47. The number of hydrogen-bond donors (Lipinski definition) is 6. The molecule has 6 N–H and O–H groups in total. The fraction of sp³-hybridized carbons (Fsp3) is 0.908. The van der Waals surface area contributed by atoms with Crippen LogP contribution >= 0.6 is 0 Å². The van der Waals surface area contributed by atoms with Crippen molar-refractivity contribution >= 4 is 11.9 Å². The van der Waals surface area contributed by atoms with E-state index in [4.69, 9.17) is 14.2 Å². The molecule has 11 heteroatoms. The van der Waals surface area contributed by atoms with Gasteiger partial charge in [0.25, 0.3) is 0 Å². The Kier molecular flexibility index (Phi) is 51.0. The van der Waals surface area contributed by atoms with Gasteiger partial charge in [0.1, 0.15) is 24.4 Å².